The van der Waals surface area contributed by atoms with Gasteiger partial charge < -0.3 is 4.57 Å². The molecule has 0 aliphatic rings. The molecule has 0 spiro atoms. The lowest BCUT2D eigenvalue weighted by Gasteiger charge is -2.11. The predicted molar refractivity (Wildman–Crippen MR) is 211 cm³/mol. The second-order valence-corrected chi connectivity index (χ2v) is 12.9. The largest absolute Gasteiger partial charge is 0.313 e. The molecule has 0 atom stereocenters. The predicted octanol–water partition coefficient (Wildman–Crippen LogP) is 11.7. The van der Waals surface area contributed by atoms with Gasteiger partial charge in [-0.1, -0.05) is 122 Å². The van der Waals surface area contributed by atoms with E-state index >= 15 is 0 Å². The molecule has 9 rings (SSSR count). The summed E-state index contributed by atoms with van der Waals surface area (Å²) in [6.07, 6.45) is 5.61. The van der Waals surface area contributed by atoms with Crippen molar-refractivity contribution in [2.24, 2.45) is 0 Å². The Hall–Kier alpha value is -6.99. The third-order valence-corrected chi connectivity index (χ3v) is 9.65. The zero-order chi connectivity index (χ0) is 36.1. The third-order valence-electron chi connectivity index (χ3n) is 9.65. The molecule has 6 aromatic carbocycles. The summed E-state index contributed by atoms with van der Waals surface area (Å²) in [5, 5.41) is 3.05. The Bertz CT molecular complexity index is 2810. The van der Waals surface area contributed by atoms with Crippen LogP contribution >= 0.6 is 0 Å². The molecule has 0 amide bonds. The molecule has 0 saturated heterocycles. The van der Waals surface area contributed by atoms with E-state index in [2.05, 4.69) is 47.5 Å². The number of hydrogen-bond acceptors (Lipinski definition) is 3. The first-order valence-corrected chi connectivity index (χ1v) is 17.3. The molecular weight excluding hydrogens is 661 g/mol. The van der Waals surface area contributed by atoms with Gasteiger partial charge in [0.05, 0.1) is 22.2 Å². The summed E-state index contributed by atoms with van der Waals surface area (Å²) < 4.78 is 33.1. The van der Waals surface area contributed by atoms with E-state index < -0.39 is 11.6 Å². The molecule has 5 nitrogen and oxygen atoms in total. The second-order valence-electron chi connectivity index (χ2n) is 12.9. The SMILES string of the molecule is C=C/C=C\c1c(C)n(-c2cc(F)cc(F)c2)c2cccc(-c3ccc4c(c3)c3ccccc3n4-c3nc(-c4ccccc4)nc(-c4ccccc4)n3)c12. The Labute approximate surface area is 304 Å². The monoisotopic (exact) mass is 691 g/mol. The summed E-state index contributed by atoms with van der Waals surface area (Å²) in [6.45, 7) is 5.85. The highest BCUT2D eigenvalue weighted by Gasteiger charge is 2.21. The van der Waals surface area contributed by atoms with Crippen LogP contribution < -0.4 is 0 Å². The zero-order valence-corrected chi connectivity index (χ0v) is 28.7. The van der Waals surface area contributed by atoms with Crippen molar-refractivity contribution in [3.8, 4) is 45.5 Å². The van der Waals surface area contributed by atoms with Crippen molar-refractivity contribution < 1.29 is 8.78 Å². The fraction of sp³-hybridized carbons (Fsp3) is 0.0217. The van der Waals surface area contributed by atoms with Gasteiger partial charge in [0.1, 0.15) is 11.6 Å². The number of halogens is 2. The minimum Gasteiger partial charge on any atom is -0.313 e. The first-order chi connectivity index (χ1) is 26.0. The van der Waals surface area contributed by atoms with Crippen LogP contribution in [-0.2, 0) is 0 Å². The number of allylic oxidation sites excluding steroid dienone is 2. The van der Waals surface area contributed by atoms with Crippen LogP contribution in [0.1, 0.15) is 11.3 Å². The molecule has 0 radical (unpaired) electrons. The first-order valence-electron chi connectivity index (χ1n) is 17.3. The van der Waals surface area contributed by atoms with Crippen LogP contribution in [0.5, 0.6) is 0 Å². The maximum atomic E-state index is 14.5. The lowest BCUT2D eigenvalue weighted by molar-refractivity contribution is 0.581. The van der Waals surface area contributed by atoms with Crippen LogP contribution in [0.2, 0.25) is 0 Å². The van der Waals surface area contributed by atoms with Crippen molar-refractivity contribution in [3.05, 3.63) is 181 Å². The van der Waals surface area contributed by atoms with Crippen LogP contribution in [-0.4, -0.2) is 24.1 Å². The number of para-hydroxylation sites is 1. The quantitative estimate of drug-likeness (QED) is 0.156. The fourth-order valence-corrected chi connectivity index (χ4v) is 7.35. The molecule has 3 heterocycles. The van der Waals surface area contributed by atoms with Crippen LogP contribution in [0.15, 0.2) is 158 Å². The van der Waals surface area contributed by atoms with E-state index in [9.17, 15) is 8.78 Å². The zero-order valence-electron chi connectivity index (χ0n) is 28.7. The van der Waals surface area contributed by atoms with Crippen molar-refractivity contribution in [1.82, 2.24) is 24.1 Å². The average Bonchev–Trinajstić information content (AvgIpc) is 3.67. The molecule has 0 aliphatic carbocycles. The van der Waals surface area contributed by atoms with E-state index in [1.807, 2.05) is 109 Å². The van der Waals surface area contributed by atoms with Gasteiger partial charge in [0.25, 0.3) is 0 Å². The highest BCUT2D eigenvalue weighted by atomic mass is 19.1. The van der Waals surface area contributed by atoms with E-state index in [4.69, 9.17) is 15.0 Å². The summed E-state index contributed by atoms with van der Waals surface area (Å²) in [4.78, 5) is 15.0. The third kappa shape index (κ3) is 5.50. The fourth-order valence-electron chi connectivity index (χ4n) is 7.35. The molecule has 3 aromatic heterocycles. The molecule has 0 fully saturated rings. The maximum Gasteiger partial charge on any atom is 0.238 e. The van der Waals surface area contributed by atoms with Gasteiger partial charge in [-0.25, -0.2) is 13.8 Å². The molecule has 0 N–H and O–H groups in total. The van der Waals surface area contributed by atoms with Gasteiger partial charge in [-0.05, 0) is 54.4 Å². The van der Waals surface area contributed by atoms with Crippen molar-refractivity contribution in [1.29, 1.82) is 0 Å². The standard InChI is InChI=1S/C46H31F2N5/c1-3-4-18-36-29(2)52(35-27-33(47)26-34(48)28-35)42-22-13-20-37(43(36)42)32-23-24-41-39(25-32)38-19-11-12-21-40(38)53(41)46-50-44(30-14-7-5-8-15-30)49-45(51-46)31-16-9-6-10-17-31/h3-28H,1H2,2H3/b18-4-. The molecule has 0 bridgehead atoms. The molecular formula is C46H31F2N5. The molecule has 0 aliphatic heterocycles. The summed E-state index contributed by atoms with van der Waals surface area (Å²) in [6, 6.07) is 44.3. The van der Waals surface area contributed by atoms with Crippen LogP contribution in [0.4, 0.5) is 8.78 Å². The van der Waals surface area contributed by atoms with E-state index in [0.717, 1.165) is 72.3 Å². The van der Waals surface area contributed by atoms with Crippen LogP contribution in [0.25, 0.3) is 84.3 Å². The van der Waals surface area contributed by atoms with Gasteiger partial charge in [-0.3, -0.25) is 4.57 Å². The lowest BCUT2D eigenvalue weighted by Crippen LogP contribution is -2.06. The number of nitrogens with zero attached hydrogens (tertiary/aromatic N) is 5. The Kier molecular flexibility index (Phi) is 7.81. The minimum atomic E-state index is -0.632. The number of aromatic nitrogens is 5. The maximum absolute atomic E-state index is 14.5. The Morgan fingerprint density at radius 1 is 0.566 bits per heavy atom. The molecule has 0 unspecified atom stereocenters. The van der Waals surface area contributed by atoms with Crippen molar-refractivity contribution in [2.45, 2.75) is 6.92 Å². The highest BCUT2D eigenvalue weighted by molar-refractivity contribution is 6.12. The first kappa shape index (κ1) is 32.0. The highest BCUT2D eigenvalue weighted by Crippen LogP contribution is 2.40. The Morgan fingerprint density at radius 2 is 1.19 bits per heavy atom. The van der Waals surface area contributed by atoms with Crippen LogP contribution in [0.3, 0.4) is 0 Å². The Morgan fingerprint density at radius 3 is 1.87 bits per heavy atom. The molecule has 53 heavy (non-hydrogen) atoms. The summed E-state index contributed by atoms with van der Waals surface area (Å²) in [5.41, 5.74) is 8.73. The number of hydrogen-bond donors (Lipinski definition) is 0. The average molecular weight is 692 g/mol. The van der Waals surface area contributed by atoms with Crippen molar-refractivity contribution in [3.63, 3.8) is 0 Å². The van der Waals surface area contributed by atoms with Gasteiger partial charge in [0.2, 0.25) is 5.95 Å². The number of benzene rings is 6. The van der Waals surface area contributed by atoms with E-state index in [1.165, 1.54) is 12.1 Å². The molecule has 254 valence electrons. The van der Waals surface area contributed by atoms with Gasteiger partial charge in [-0.15, -0.1) is 0 Å². The lowest BCUT2D eigenvalue weighted by atomic mass is 9.96. The van der Waals surface area contributed by atoms with E-state index in [-0.39, 0.29) is 0 Å². The van der Waals surface area contributed by atoms with Crippen molar-refractivity contribution >= 4 is 38.8 Å². The topological polar surface area (TPSA) is 48.5 Å². The minimum absolute atomic E-state index is 0.418. The Balaban J connectivity index is 1.29. The smallest absolute Gasteiger partial charge is 0.238 e. The molecule has 7 heteroatoms. The number of fused-ring (bicyclic) bond motifs is 4. The molecule has 9 aromatic rings. The van der Waals surface area contributed by atoms with Gasteiger partial charge in [-0.2, -0.15) is 9.97 Å². The van der Waals surface area contributed by atoms with Gasteiger partial charge in [0.15, 0.2) is 11.6 Å². The van der Waals surface area contributed by atoms with Crippen LogP contribution in [0, 0.1) is 18.6 Å². The second kappa shape index (κ2) is 13.0. The van der Waals surface area contributed by atoms with Crippen molar-refractivity contribution in [2.75, 3.05) is 0 Å². The van der Waals surface area contributed by atoms with Gasteiger partial charge >= 0.3 is 0 Å². The normalized spacial score (nSPS) is 11.7. The summed E-state index contributed by atoms with van der Waals surface area (Å²) >= 11 is 0. The summed E-state index contributed by atoms with van der Waals surface area (Å²) in [5.74, 6) is 0.425. The van der Waals surface area contributed by atoms with E-state index in [0.29, 0.717) is 23.3 Å². The summed E-state index contributed by atoms with van der Waals surface area (Å²) in [7, 11) is 0. The van der Waals surface area contributed by atoms with Gasteiger partial charge in [0, 0.05) is 44.6 Å². The number of rotatable bonds is 7. The van der Waals surface area contributed by atoms with E-state index in [1.54, 1.807) is 6.08 Å². The molecule has 0 saturated carbocycles.